The molecule has 5 heteroatoms. The maximum absolute atomic E-state index is 6.03. The molecule has 1 fully saturated rings. The van der Waals surface area contributed by atoms with Gasteiger partial charge in [-0.05, 0) is 31.4 Å². The zero-order valence-corrected chi connectivity index (χ0v) is 11.5. The summed E-state index contributed by atoms with van der Waals surface area (Å²) < 4.78 is 0. The van der Waals surface area contributed by atoms with E-state index in [0.717, 1.165) is 22.9 Å². The Balaban J connectivity index is 1.74. The molecule has 19 heavy (non-hydrogen) atoms. The largest absolute Gasteiger partial charge is 0.364 e. The molecule has 4 nitrogen and oxygen atoms in total. The molecule has 1 aliphatic carbocycles. The van der Waals surface area contributed by atoms with Crippen LogP contribution in [0.25, 0.3) is 0 Å². The van der Waals surface area contributed by atoms with Gasteiger partial charge in [-0.2, -0.15) is 0 Å². The van der Waals surface area contributed by atoms with Crippen molar-refractivity contribution in [2.24, 2.45) is 0 Å². The molecule has 98 valence electrons. The quantitative estimate of drug-likeness (QED) is 0.869. The number of pyridine rings is 1. The fraction of sp³-hybridized carbons (Fsp3) is 0.357. The van der Waals surface area contributed by atoms with Crippen LogP contribution in [-0.2, 0) is 6.54 Å². The number of aryl methyl sites for hydroxylation is 1. The number of aromatic nitrogens is 3. The summed E-state index contributed by atoms with van der Waals surface area (Å²) in [5, 5.41) is 3.76. The Bertz CT molecular complexity index is 596. The smallest absolute Gasteiger partial charge is 0.135 e. The summed E-state index contributed by atoms with van der Waals surface area (Å²) in [6.45, 7) is 2.69. The van der Waals surface area contributed by atoms with Gasteiger partial charge in [0.25, 0.3) is 0 Å². The van der Waals surface area contributed by atoms with Crippen LogP contribution < -0.4 is 5.32 Å². The van der Waals surface area contributed by atoms with Crippen LogP contribution in [0.4, 0.5) is 5.82 Å². The lowest BCUT2D eigenvalue weighted by Crippen LogP contribution is -2.06. The van der Waals surface area contributed by atoms with E-state index in [0.29, 0.717) is 17.6 Å². The van der Waals surface area contributed by atoms with E-state index in [2.05, 4.69) is 20.3 Å². The second-order valence-electron chi connectivity index (χ2n) is 4.83. The van der Waals surface area contributed by atoms with E-state index < -0.39 is 0 Å². The average molecular weight is 275 g/mol. The first-order chi connectivity index (χ1) is 9.22. The fourth-order valence-electron chi connectivity index (χ4n) is 1.93. The van der Waals surface area contributed by atoms with E-state index in [1.807, 2.05) is 19.1 Å². The molecule has 1 aliphatic rings. The number of nitrogens with one attached hydrogen (secondary N) is 1. The van der Waals surface area contributed by atoms with Crippen molar-refractivity contribution < 1.29 is 0 Å². The minimum Gasteiger partial charge on any atom is -0.364 e. The number of halogens is 1. The molecule has 1 N–H and O–H groups in total. The molecule has 0 aliphatic heterocycles. The number of hydrogen-bond donors (Lipinski definition) is 1. The van der Waals surface area contributed by atoms with Crippen molar-refractivity contribution in [3.05, 3.63) is 46.6 Å². The Hall–Kier alpha value is -1.68. The molecule has 0 atom stereocenters. The summed E-state index contributed by atoms with van der Waals surface area (Å²) in [4.78, 5) is 13.1. The van der Waals surface area contributed by atoms with Gasteiger partial charge in [0, 0.05) is 18.2 Å². The Labute approximate surface area is 117 Å². The predicted molar refractivity (Wildman–Crippen MR) is 75.3 cm³/mol. The Kier molecular flexibility index (Phi) is 3.34. The molecule has 0 radical (unpaired) electrons. The minimum atomic E-state index is 0.496. The lowest BCUT2D eigenvalue weighted by molar-refractivity contribution is 0.915. The maximum atomic E-state index is 6.03. The van der Waals surface area contributed by atoms with Gasteiger partial charge in [0.1, 0.15) is 16.8 Å². The number of anilines is 1. The van der Waals surface area contributed by atoms with Crippen LogP contribution in [0, 0.1) is 6.92 Å². The number of nitrogens with zero attached hydrogens (tertiary/aromatic N) is 3. The third-order valence-electron chi connectivity index (χ3n) is 3.21. The topological polar surface area (TPSA) is 50.7 Å². The second kappa shape index (κ2) is 5.13. The van der Waals surface area contributed by atoms with E-state index in [1.54, 1.807) is 12.3 Å². The summed E-state index contributed by atoms with van der Waals surface area (Å²) in [5.74, 6) is 2.12. The van der Waals surface area contributed by atoms with Gasteiger partial charge in [-0.1, -0.05) is 17.7 Å². The lowest BCUT2D eigenvalue weighted by atomic mass is 10.2. The normalized spacial score (nSPS) is 14.4. The van der Waals surface area contributed by atoms with E-state index >= 15 is 0 Å². The molecule has 2 heterocycles. The first-order valence-corrected chi connectivity index (χ1v) is 6.79. The van der Waals surface area contributed by atoms with Crippen molar-refractivity contribution in [2.75, 3.05) is 5.32 Å². The monoisotopic (exact) mass is 274 g/mol. The van der Waals surface area contributed by atoms with Crippen LogP contribution in [-0.4, -0.2) is 15.0 Å². The number of hydrogen-bond acceptors (Lipinski definition) is 4. The highest BCUT2D eigenvalue weighted by molar-refractivity contribution is 6.29. The Morgan fingerprint density at radius 3 is 2.95 bits per heavy atom. The van der Waals surface area contributed by atoms with E-state index in [4.69, 9.17) is 11.6 Å². The summed E-state index contributed by atoms with van der Waals surface area (Å²) in [6, 6.07) is 5.74. The van der Waals surface area contributed by atoms with Crippen molar-refractivity contribution in [2.45, 2.75) is 32.2 Å². The van der Waals surface area contributed by atoms with Gasteiger partial charge in [-0.15, -0.1) is 0 Å². The van der Waals surface area contributed by atoms with Crippen molar-refractivity contribution in [3.8, 4) is 0 Å². The Morgan fingerprint density at radius 1 is 1.37 bits per heavy atom. The van der Waals surface area contributed by atoms with Gasteiger partial charge in [-0.3, -0.25) is 4.98 Å². The minimum absolute atomic E-state index is 0.496. The molecule has 0 amide bonds. The first kappa shape index (κ1) is 12.4. The fourth-order valence-corrected chi connectivity index (χ4v) is 2.12. The van der Waals surface area contributed by atoms with Crippen LogP contribution in [0.2, 0.25) is 5.15 Å². The maximum Gasteiger partial charge on any atom is 0.135 e. The van der Waals surface area contributed by atoms with Gasteiger partial charge < -0.3 is 5.32 Å². The van der Waals surface area contributed by atoms with Gasteiger partial charge in [0.15, 0.2) is 0 Å². The van der Waals surface area contributed by atoms with Gasteiger partial charge in [0.05, 0.1) is 12.2 Å². The Morgan fingerprint density at radius 2 is 2.21 bits per heavy atom. The summed E-state index contributed by atoms with van der Waals surface area (Å²) in [6.07, 6.45) is 4.13. The van der Waals surface area contributed by atoms with Gasteiger partial charge in [-0.25, -0.2) is 9.97 Å². The molecule has 2 aromatic heterocycles. The molecule has 0 spiro atoms. The first-order valence-electron chi connectivity index (χ1n) is 6.41. The van der Waals surface area contributed by atoms with Crippen molar-refractivity contribution in [1.82, 2.24) is 15.0 Å². The highest BCUT2D eigenvalue weighted by atomic mass is 35.5. The van der Waals surface area contributed by atoms with Crippen LogP contribution in [0.3, 0.4) is 0 Å². The van der Waals surface area contributed by atoms with Crippen molar-refractivity contribution in [1.29, 1.82) is 0 Å². The SMILES string of the molecule is Cc1cccnc1CNc1cc(Cl)nc(C2CC2)n1. The molecule has 2 aromatic rings. The average Bonchev–Trinajstić information content (AvgIpc) is 3.21. The summed E-state index contributed by atoms with van der Waals surface area (Å²) in [5.41, 5.74) is 2.18. The zero-order chi connectivity index (χ0) is 13.2. The highest BCUT2D eigenvalue weighted by Gasteiger charge is 2.27. The van der Waals surface area contributed by atoms with E-state index in [1.165, 1.54) is 12.8 Å². The van der Waals surface area contributed by atoms with Crippen LogP contribution in [0.5, 0.6) is 0 Å². The third-order valence-corrected chi connectivity index (χ3v) is 3.40. The second-order valence-corrected chi connectivity index (χ2v) is 5.22. The van der Waals surface area contributed by atoms with Crippen LogP contribution in [0.1, 0.15) is 35.8 Å². The molecule has 0 saturated heterocycles. The zero-order valence-electron chi connectivity index (χ0n) is 10.7. The van der Waals surface area contributed by atoms with Gasteiger partial charge in [0.2, 0.25) is 0 Å². The molecule has 0 bridgehead atoms. The lowest BCUT2D eigenvalue weighted by Gasteiger charge is -2.08. The van der Waals surface area contributed by atoms with Crippen molar-refractivity contribution >= 4 is 17.4 Å². The van der Waals surface area contributed by atoms with Crippen molar-refractivity contribution in [3.63, 3.8) is 0 Å². The molecule has 0 unspecified atom stereocenters. The van der Waals surface area contributed by atoms with E-state index in [-0.39, 0.29) is 0 Å². The molecular weight excluding hydrogens is 260 g/mol. The van der Waals surface area contributed by atoms with Crippen LogP contribution in [0.15, 0.2) is 24.4 Å². The number of rotatable bonds is 4. The molecule has 0 aromatic carbocycles. The van der Waals surface area contributed by atoms with Crippen LogP contribution >= 0.6 is 11.6 Å². The predicted octanol–water partition coefficient (Wildman–Crippen LogP) is 3.32. The highest BCUT2D eigenvalue weighted by Crippen LogP contribution is 2.38. The standard InChI is InChI=1S/C14H15ClN4/c1-9-3-2-6-16-11(9)8-17-13-7-12(15)18-14(19-13)10-4-5-10/h2-3,6-7,10H,4-5,8H2,1H3,(H,17,18,19). The molecular formula is C14H15ClN4. The van der Waals surface area contributed by atoms with Gasteiger partial charge >= 0.3 is 0 Å². The summed E-state index contributed by atoms with van der Waals surface area (Å²) >= 11 is 6.03. The van der Waals surface area contributed by atoms with E-state index in [9.17, 15) is 0 Å². The summed E-state index contributed by atoms with van der Waals surface area (Å²) in [7, 11) is 0. The molecule has 1 saturated carbocycles. The third kappa shape index (κ3) is 3.01. The molecule has 3 rings (SSSR count).